The molecular formula is C37H36N4O6S2. The molecule has 0 saturated heterocycles. The zero-order valence-electron chi connectivity index (χ0n) is 27.7. The van der Waals surface area contributed by atoms with Crippen molar-refractivity contribution >= 4 is 67.9 Å². The minimum absolute atomic E-state index is 0.0157. The van der Waals surface area contributed by atoms with Gasteiger partial charge in [0, 0.05) is 16.1 Å². The zero-order chi connectivity index (χ0) is 34.9. The third kappa shape index (κ3) is 8.78. The summed E-state index contributed by atoms with van der Waals surface area (Å²) in [7, 11) is 4.49. The van der Waals surface area contributed by atoms with Gasteiger partial charge < -0.3 is 30.2 Å². The molecule has 0 aliphatic rings. The van der Waals surface area contributed by atoms with Gasteiger partial charge in [0.05, 0.1) is 36.8 Å². The second-order valence-electron chi connectivity index (χ2n) is 10.8. The third-order valence-electron chi connectivity index (χ3n) is 7.33. The maximum absolute atomic E-state index is 13.8. The number of nitrogens with zero attached hydrogens (tertiary/aromatic N) is 1. The van der Waals surface area contributed by atoms with E-state index in [1.807, 2.05) is 38.1 Å². The Morgan fingerprint density at radius 1 is 0.878 bits per heavy atom. The predicted molar refractivity (Wildman–Crippen MR) is 196 cm³/mol. The van der Waals surface area contributed by atoms with E-state index in [-0.39, 0.29) is 11.6 Å². The summed E-state index contributed by atoms with van der Waals surface area (Å²) in [4.78, 5) is 45.5. The lowest BCUT2D eigenvalue weighted by molar-refractivity contribution is -0.116. The van der Waals surface area contributed by atoms with Gasteiger partial charge >= 0.3 is 0 Å². The Morgan fingerprint density at radius 2 is 1.61 bits per heavy atom. The number of amides is 3. The van der Waals surface area contributed by atoms with Gasteiger partial charge in [0.2, 0.25) is 11.7 Å². The number of aromatic nitrogens is 1. The maximum atomic E-state index is 13.8. The highest BCUT2D eigenvalue weighted by Crippen LogP contribution is 2.39. The van der Waals surface area contributed by atoms with Crippen molar-refractivity contribution in [3.8, 4) is 17.2 Å². The summed E-state index contributed by atoms with van der Waals surface area (Å²) in [5, 5.41) is 8.75. The number of anilines is 2. The monoisotopic (exact) mass is 696 g/mol. The van der Waals surface area contributed by atoms with Crippen LogP contribution in [0.5, 0.6) is 17.2 Å². The first-order valence-electron chi connectivity index (χ1n) is 15.4. The second-order valence-corrected chi connectivity index (χ2v) is 13.1. The molecule has 0 bridgehead atoms. The minimum Gasteiger partial charge on any atom is -0.493 e. The van der Waals surface area contributed by atoms with Gasteiger partial charge in [-0.2, -0.15) is 0 Å². The molecule has 0 aliphatic heterocycles. The van der Waals surface area contributed by atoms with Crippen LogP contribution in [0.4, 0.5) is 10.8 Å². The summed E-state index contributed by atoms with van der Waals surface area (Å²) >= 11 is 2.83. The smallest absolute Gasteiger partial charge is 0.272 e. The van der Waals surface area contributed by atoms with Gasteiger partial charge in [-0.1, -0.05) is 48.6 Å². The maximum Gasteiger partial charge on any atom is 0.272 e. The summed E-state index contributed by atoms with van der Waals surface area (Å²) < 4.78 is 17.4. The number of hydrogen-bond donors (Lipinski definition) is 3. The van der Waals surface area contributed by atoms with E-state index in [2.05, 4.69) is 20.9 Å². The molecule has 3 N–H and O–H groups in total. The van der Waals surface area contributed by atoms with E-state index in [9.17, 15) is 14.4 Å². The topological polar surface area (TPSA) is 128 Å². The molecule has 0 aliphatic carbocycles. The van der Waals surface area contributed by atoms with Crippen molar-refractivity contribution in [2.45, 2.75) is 30.4 Å². The molecular weight excluding hydrogens is 661 g/mol. The predicted octanol–water partition coefficient (Wildman–Crippen LogP) is 7.55. The standard InChI is InChI=1S/C37H36N4O6S2/c1-6-31(36(44)41-37-40-27-16-15-22(2)17-32(27)49-37)48-26-14-10-13-25(21-26)38-35(43)28(39-34(42)24-11-8-7-9-12-24)18-23-19-29(45-3)33(47-5)30(20-23)46-4/h7-21,31H,6H2,1-5H3,(H,38,43)(H,39,42)(H,40,41,44)/b28-18+. The number of ether oxygens (including phenoxy) is 3. The number of aryl methyl sites for hydroxylation is 1. The van der Waals surface area contributed by atoms with E-state index in [1.165, 1.54) is 50.5 Å². The van der Waals surface area contributed by atoms with Crippen LogP contribution in [0.1, 0.15) is 34.8 Å². The van der Waals surface area contributed by atoms with Crippen LogP contribution in [0.25, 0.3) is 16.3 Å². The molecule has 1 aromatic heterocycles. The van der Waals surface area contributed by atoms with Gasteiger partial charge in [0.1, 0.15) is 5.70 Å². The van der Waals surface area contributed by atoms with Crippen LogP contribution in [0.2, 0.25) is 0 Å². The highest BCUT2D eigenvalue weighted by molar-refractivity contribution is 8.00. The lowest BCUT2D eigenvalue weighted by Crippen LogP contribution is -2.30. The number of benzene rings is 4. The van der Waals surface area contributed by atoms with E-state index in [4.69, 9.17) is 14.2 Å². The van der Waals surface area contributed by atoms with E-state index >= 15 is 0 Å². The highest BCUT2D eigenvalue weighted by atomic mass is 32.2. The highest BCUT2D eigenvalue weighted by Gasteiger charge is 2.21. The Bertz CT molecular complexity index is 1990. The van der Waals surface area contributed by atoms with Crippen molar-refractivity contribution in [3.05, 3.63) is 107 Å². The van der Waals surface area contributed by atoms with Crippen molar-refractivity contribution in [2.75, 3.05) is 32.0 Å². The Balaban J connectivity index is 1.36. The van der Waals surface area contributed by atoms with Crippen LogP contribution < -0.4 is 30.2 Å². The van der Waals surface area contributed by atoms with E-state index in [0.29, 0.717) is 45.6 Å². The first-order chi connectivity index (χ1) is 23.7. The number of thiazole rings is 1. The Morgan fingerprint density at radius 3 is 2.29 bits per heavy atom. The van der Waals surface area contributed by atoms with Crippen molar-refractivity contribution in [1.82, 2.24) is 10.3 Å². The summed E-state index contributed by atoms with van der Waals surface area (Å²) in [6.07, 6.45) is 2.10. The molecule has 1 heterocycles. The summed E-state index contributed by atoms with van der Waals surface area (Å²) in [6, 6.07) is 25.1. The summed E-state index contributed by atoms with van der Waals surface area (Å²) in [5.41, 5.74) is 3.35. The number of hydrogen-bond acceptors (Lipinski definition) is 9. The van der Waals surface area contributed by atoms with Gasteiger partial charge in [-0.3, -0.25) is 14.4 Å². The molecule has 1 atom stereocenters. The number of fused-ring (bicyclic) bond motifs is 1. The molecule has 4 aromatic carbocycles. The third-order valence-corrected chi connectivity index (χ3v) is 9.63. The first kappa shape index (κ1) is 35.0. The molecule has 5 aromatic rings. The number of methoxy groups -OCH3 is 3. The Labute approximate surface area is 292 Å². The first-order valence-corrected chi connectivity index (χ1v) is 17.0. The van der Waals surface area contributed by atoms with Gasteiger partial charge in [-0.15, -0.1) is 11.8 Å². The molecule has 0 saturated carbocycles. The molecule has 0 fully saturated rings. The number of rotatable bonds is 13. The zero-order valence-corrected chi connectivity index (χ0v) is 29.3. The van der Waals surface area contributed by atoms with E-state index in [1.54, 1.807) is 60.7 Å². The van der Waals surface area contributed by atoms with Crippen LogP contribution in [0, 0.1) is 6.92 Å². The molecule has 3 amide bonds. The number of carbonyl (C=O) groups excluding carboxylic acids is 3. The van der Waals surface area contributed by atoms with Gasteiger partial charge in [0.25, 0.3) is 11.8 Å². The normalized spacial score (nSPS) is 11.8. The van der Waals surface area contributed by atoms with Gasteiger partial charge in [0.15, 0.2) is 16.6 Å². The second kappa shape index (κ2) is 16.2. The minimum atomic E-state index is -0.559. The van der Waals surface area contributed by atoms with Crippen molar-refractivity contribution in [2.24, 2.45) is 0 Å². The molecule has 252 valence electrons. The fraction of sp³-hybridized carbons (Fsp3) is 0.189. The molecule has 0 spiro atoms. The Hall–Kier alpha value is -5.33. The largest absolute Gasteiger partial charge is 0.493 e. The van der Waals surface area contributed by atoms with Crippen LogP contribution in [0.3, 0.4) is 0 Å². The van der Waals surface area contributed by atoms with Crippen LogP contribution >= 0.6 is 23.1 Å². The quantitative estimate of drug-likeness (QED) is 0.0851. The lowest BCUT2D eigenvalue weighted by atomic mass is 10.1. The molecule has 0 radical (unpaired) electrons. The van der Waals surface area contributed by atoms with E-state index in [0.717, 1.165) is 20.7 Å². The van der Waals surface area contributed by atoms with Gasteiger partial charge in [-0.05, 0) is 85.1 Å². The van der Waals surface area contributed by atoms with Crippen molar-refractivity contribution in [1.29, 1.82) is 0 Å². The molecule has 49 heavy (non-hydrogen) atoms. The summed E-state index contributed by atoms with van der Waals surface area (Å²) in [5.74, 6) is -0.00351. The molecule has 1 unspecified atom stereocenters. The number of thioether (sulfide) groups is 1. The molecule has 5 rings (SSSR count). The number of carbonyl (C=O) groups is 3. The molecule has 10 nitrogen and oxygen atoms in total. The van der Waals surface area contributed by atoms with Crippen molar-refractivity contribution < 1.29 is 28.6 Å². The van der Waals surface area contributed by atoms with Gasteiger partial charge in [-0.25, -0.2) is 4.98 Å². The average Bonchev–Trinajstić information content (AvgIpc) is 3.51. The van der Waals surface area contributed by atoms with Crippen LogP contribution in [0.15, 0.2) is 95.5 Å². The van der Waals surface area contributed by atoms with Crippen LogP contribution in [-0.2, 0) is 9.59 Å². The van der Waals surface area contributed by atoms with Crippen molar-refractivity contribution in [3.63, 3.8) is 0 Å². The van der Waals surface area contributed by atoms with E-state index < -0.39 is 17.1 Å². The average molecular weight is 697 g/mol. The fourth-order valence-electron chi connectivity index (χ4n) is 4.90. The Kier molecular flexibility index (Phi) is 11.6. The SMILES string of the molecule is CCC(Sc1cccc(NC(=O)/C(=C\c2cc(OC)c(OC)c(OC)c2)NC(=O)c2ccccc2)c1)C(=O)Nc1nc2ccc(C)cc2s1. The lowest BCUT2D eigenvalue weighted by Gasteiger charge is -2.16. The van der Waals surface area contributed by atoms with Crippen LogP contribution in [-0.4, -0.2) is 49.3 Å². The number of nitrogens with one attached hydrogen (secondary N) is 3. The summed E-state index contributed by atoms with van der Waals surface area (Å²) in [6.45, 7) is 3.96. The fourth-order valence-corrected chi connectivity index (χ4v) is 6.88. The molecule has 12 heteroatoms.